The third-order valence-corrected chi connectivity index (χ3v) is 5.61. The first kappa shape index (κ1) is 24.6. The van der Waals surface area contributed by atoms with Gasteiger partial charge >= 0.3 is 6.18 Å². The van der Waals surface area contributed by atoms with Crippen molar-refractivity contribution < 1.29 is 21.6 Å². The number of nitrogens with one attached hydrogen (secondary N) is 2. The second kappa shape index (κ2) is 9.81. The lowest BCUT2D eigenvalue weighted by Gasteiger charge is -2.24. The van der Waals surface area contributed by atoms with Crippen molar-refractivity contribution in [2.24, 2.45) is 5.14 Å². The lowest BCUT2D eigenvalue weighted by atomic mass is 10.1. The molecule has 8 nitrogen and oxygen atoms in total. The van der Waals surface area contributed by atoms with Crippen molar-refractivity contribution in [1.29, 1.82) is 0 Å². The maximum Gasteiger partial charge on any atom is 0.405 e. The maximum atomic E-state index is 12.9. The fourth-order valence-corrected chi connectivity index (χ4v) is 3.69. The molecule has 0 saturated carbocycles. The molecule has 0 atom stereocenters. The van der Waals surface area contributed by atoms with Gasteiger partial charge in [-0.2, -0.15) is 13.2 Å². The Bertz CT molecular complexity index is 1220. The molecule has 0 aliphatic carbocycles. The molecule has 1 heterocycles. The van der Waals surface area contributed by atoms with Crippen molar-refractivity contribution >= 4 is 44.6 Å². The second-order valence-electron chi connectivity index (χ2n) is 7.08. The van der Waals surface area contributed by atoms with E-state index in [1.165, 1.54) is 31.6 Å². The van der Waals surface area contributed by atoms with Gasteiger partial charge in [0.2, 0.25) is 10.0 Å². The Balaban J connectivity index is 1.82. The molecule has 2 aromatic carbocycles. The minimum absolute atomic E-state index is 0.0156. The van der Waals surface area contributed by atoms with Crippen LogP contribution >= 0.6 is 11.6 Å². The summed E-state index contributed by atoms with van der Waals surface area (Å²) in [6, 6.07) is 12.2. The number of benzene rings is 2. The van der Waals surface area contributed by atoms with E-state index in [9.17, 15) is 21.6 Å². The number of nitrogens with two attached hydrogens (primary N) is 1. The van der Waals surface area contributed by atoms with Gasteiger partial charge in [0, 0.05) is 36.1 Å². The molecule has 0 radical (unpaired) electrons. The Morgan fingerprint density at radius 3 is 2.36 bits per heavy atom. The van der Waals surface area contributed by atoms with Crippen molar-refractivity contribution in [1.82, 2.24) is 9.97 Å². The van der Waals surface area contributed by atoms with Gasteiger partial charge in [-0.3, -0.25) is 0 Å². The van der Waals surface area contributed by atoms with Gasteiger partial charge in [-0.15, -0.1) is 0 Å². The third-order valence-electron chi connectivity index (χ3n) is 4.45. The number of alkyl halides is 3. The van der Waals surface area contributed by atoms with Gasteiger partial charge in [0.15, 0.2) is 0 Å². The topological polar surface area (TPSA) is 113 Å². The standard InChI is InChI=1S/C20H20ClF3N6O2S/c1-30(11-20(22,23)24)17-7-6-16(33(25,31)32)8-13(17)10-26-18-9-19(28-12-27-18)29-15-4-2-14(21)3-5-15/h2-9,12H,10-11H2,1H3,(H2,25,31,32)(H2,26,27,28,29). The molecule has 0 amide bonds. The number of sulfonamides is 1. The van der Waals surface area contributed by atoms with Crippen LogP contribution in [0.1, 0.15) is 5.56 Å². The van der Waals surface area contributed by atoms with E-state index >= 15 is 0 Å². The predicted molar refractivity (Wildman–Crippen MR) is 121 cm³/mol. The van der Waals surface area contributed by atoms with Crippen molar-refractivity contribution in [3.63, 3.8) is 0 Å². The van der Waals surface area contributed by atoms with E-state index in [0.29, 0.717) is 22.2 Å². The Morgan fingerprint density at radius 1 is 1.06 bits per heavy atom. The Hall–Kier alpha value is -3.09. The molecule has 33 heavy (non-hydrogen) atoms. The van der Waals surface area contributed by atoms with Crippen LogP contribution in [-0.2, 0) is 16.6 Å². The van der Waals surface area contributed by atoms with E-state index in [-0.39, 0.29) is 17.1 Å². The number of hydrogen-bond donors (Lipinski definition) is 3. The van der Waals surface area contributed by atoms with Crippen molar-refractivity contribution in [2.45, 2.75) is 17.6 Å². The summed E-state index contributed by atoms with van der Waals surface area (Å²) in [6.07, 6.45) is -3.13. The largest absolute Gasteiger partial charge is 0.405 e. The van der Waals surface area contributed by atoms with Crippen LogP contribution in [-0.4, -0.2) is 38.2 Å². The van der Waals surface area contributed by atoms with Crippen LogP contribution in [0.4, 0.5) is 36.2 Å². The third kappa shape index (κ3) is 7.20. The normalized spacial score (nSPS) is 11.8. The van der Waals surface area contributed by atoms with Gasteiger partial charge in [-0.1, -0.05) is 11.6 Å². The summed E-state index contributed by atoms with van der Waals surface area (Å²) in [5.74, 6) is 0.828. The number of hydrogen-bond acceptors (Lipinski definition) is 7. The van der Waals surface area contributed by atoms with Crippen LogP contribution in [0.25, 0.3) is 0 Å². The molecule has 176 valence electrons. The molecule has 0 aliphatic rings. The molecule has 3 aromatic rings. The van der Waals surface area contributed by atoms with E-state index in [2.05, 4.69) is 20.6 Å². The van der Waals surface area contributed by atoms with Crippen LogP contribution in [0.2, 0.25) is 5.02 Å². The molecule has 0 fully saturated rings. The quantitative estimate of drug-likeness (QED) is 0.426. The summed E-state index contributed by atoms with van der Waals surface area (Å²) in [4.78, 5) is 8.99. The number of anilines is 4. The van der Waals surface area contributed by atoms with Gasteiger partial charge < -0.3 is 15.5 Å². The number of rotatable bonds is 8. The molecule has 0 saturated heterocycles. The summed E-state index contributed by atoms with van der Waals surface area (Å²) in [5.41, 5.74) is 1.22. The summed E-state index contributed by atoms with van der Waals surface area (Å²) in [7, 11) is -2.78. The number of primary sulfonamides is 1. The molecule has 0 unspecified atom stereocenters. The van der Waals surface area contributed by atoms with E-state index < -0.39 is 22.7 Å². The monoisotopic (exact) mass is 500 g/mol. The van der Waals surface area contributed by atoms with Crippen LogP contribution in [0.5, 0.6) is 0 Å². The summed E-state index contributed by atoms with van der Waals surface area (Å²) < 4.78 is 62.1. The van der Waals surface area contributed by atoms with Gasteiger partial charge in [0.1, 0.15) is 24.5 Å². The van der Waals surface area contributed by atoms with Crippen molar-refractivity contribution in [3.8, 4) is 0 Å². The minimum atomic E-state index is -4.44. The maximum absolute atomic E-state index is 12.9. The first-order valence-electron chi connectivity index (χ1n) is 9.43. The second-order valence-corrected chi connectivity index (χ2v) is 9.08. The zero-order valence-corrected chi connectivity index (χ0v) is 18.8. The predicted octanol–water partition coefficient (Wildman–Crippen LogP) is 4.13. The van der Waals surface area contributed by atoms with E-state index in [1.54, 1.807) is 30.3 Å². The summed E-state index contributed by atoms with van der Waals surface area (Å²) in [6.45, 7) is -1.23. The molecule has 13 heteroatoms. The molecule has 3 rings (SSSR count). The van der Waals surface area contributed by atoms with Gasteiger partial charge in [0.25, 0.3) is 0 Å². The molecule has 4 N–H and O–H groups in total. The molecular formula is C20H20ClF3N6O2S. The fourth-order valence-electron chi connectivity index (χ4n) is 3.00. The molecule has 0 spiro atoms. The average Bonchev–Trinajstić information content (AvgIpc) is 2.72. The summed E-state index contributed by atoms with van der Waals surface area (Å²) in [5, 5.41) is 11.8. The summed E-state index contributed by atoms with van der Waals surface area (Å²) >= 11 is 5.87. The lowest BCUT2D eigenvalue weighted by molar-refractivity contribution is -0.119. The highest BCUT2D eigenvalue weighted by Crippen LogP contribution is 2.27. The van der Waals surface area contributed by atoms with Crippen LogP contribution < -0.4 is 20.7 Å². The average molecular weight is 501 g/mol. The highest BCUT2D eigenvalue weighted by Gasteiger charge is 2.30. The first-order chi connectivity index (χ1) is 15.4. The van der Waals surface area contributed by atoms with Crippen molar-refractivity contribution in [3.05, 3.63) is 65.4 Å². The van der Waals surface area contributed by atoms with Crippen LogP contribution in [0.15, 0.2) is 59.8 Å². The van der Waals surface area contributed by atoms with Gasteiger partial charge in [-0.25, -0.2) is 23.5 Å². The highest BCUT2D eigenvalue weighted by molar-refractivity contribution is 7.89. The minimum Gasteiger partial charge on any atom is -0.366 e. The Morgan fingerprint density at radius 2 is 1.73 bits per heavy atom. The van der Waals surface area contributed by atoms with E-state index in [0.717, 1.165) is 10.6 Å². The number of aromatic nitrogens is 2. The first-order valence-corrected chi connectivity index (χ1v) is 11.4. The highest BCUT2D eigenvalue weighted by atomic mass is 35.5. The van der Waals surface area contributed by atoms with Crippen molar-refractivity contribution in [2.75, 3.05) is 29.1 Å². The van der Waals surface area contributed by atoms with Gasteiger partial charge in [-0.05, 0) is 48.0 Å². The smallest absolute Gasteiger partial charge is 0.366 e. The van der Waals surface area contributed by atoms with Crippen LogP contribution in [0.3, 0.4) is 0 Å². The molecule has 1 aromatic heterocycles. The van der Waals surface area contributed by atoms with Crippen LogP contribution in [0, 0.1) is 0 Å². The Kier molecular flexibility index (Phi) is 7.30. The SMILES string of the molecule is CN(CC(F)(F)F)c1ccc(S(N)(=O)=O)cc1CNc1cc(Nc2ccc(Cl)cc2)ncn1. The molecule has 0 bridgehead atoms. The lowest BCUT2D eigenvalue weighted by Crippen LogP contribution is -2.31. The zero-order valence-electron chi connectivity index (χ0n) is 17.3. The van der Waals surface area contributed by atoms with E-state index in [4.69, 9.17) is 16.7 Å². The van der Waals surface area contributed by atoms with E-state index in [1.807, 2.05) is 0 Å². The zero-order chi connectivity index (χ0) is 24.2. The van der Waals surface area contributed by atoms with Gasteiger partial charge in [0.05, 0.1) is 4.90 Å². The molecule has 0 aliphatic heterocycles. The number of halogens is 4. The Labute approximate surface area is 193 Å². The molecular weight excluding hydrogens is 481 g/mol. The number of nitrogens with zero attached hydrogens (tertiary/aromatic N) is 3. The fraction of sp³-hybridized carbons (Fsp3) is 0.200.